The van der Waals surface area contributed by atoms with E-state index in [0.717, 1.165) is 12.8 Å². The maximum Gasteiger partial charge on any atom is 0.269 e. The predicted molar refractivity (Wildman–Crippen MR) is 91.2 cm³/mol. The standard InChI is InChI=1S/C17H18N4O5/c1-25-15-9-18-10-16(19-15)26-14-3-2-8-20(11-14)17(22)12-4-6-13(7-5-12)21(23)24/h4-7,9-10,14H,2-3,8,11H2,1H3. The van der Waals surface area contributed by atoms with Crippen molar-refractivity contribution in [2.75, 3.05) is 20.2 Å². The smallest absolute Gasteiger partial charge is 0.269 e. The van der Waals surface area contributed by atoms with Gasteiger partial charge < -0.3 is 14.4 Å². The Kier molecular flexibility index (Phi) is 5.26. The third-order valence-corrected chi connectivity index (χ3v) is 4.08. The van der Waals surface area contributed by atoms with E-state index >= 15 is 0 Å². The molecule has 0 N–H and O–H groups in total. The van der Waals surface area contributed by atoms with Crippen LogP contribution in [0, 0.1) is 10.1 Å². The summed E-state index contributed by atoms with van der Waals surface area (Å²) in [4.78, 5) is 32.7. The summed E-state index contributed by atoms with van der Waals surface area (Å²) in [6.07, 6.45) is 4.37. The summed E-state index contributed by atoms with van der Waals surface area (Å²) < 4.78 is 10.8. The van der Waals surface area contributed by atoms with E-state index in [0.29, 0.717) is 30.4 Å². The van der Waals surface area contributed by atoms with E-state index in [1.54, 1.807) is 4.90 Å². The molecule has 26 heavy (non-hydrogen) atoms. The average Bonchev–Trinajstić information content (AvgIpc) is 2.68. The van der Waals surface area contributed by atoms with Crippen LogP contribution in [0.5, 0.6) is 11.8 Å². The Morgan fingerprint density at radius 3 is 2.69 bits per heavy atom. The third kappa shape index (κ3) is 4.05. The van der Waals surface area contributed by atoms with Gasteiger partial charge in [-0.25, -0.2) is 0 Å². The van der Waals surface area contributed by atoms with Gasteiger partial charge in [0.1, 0.15) is 6.10 Å². The fourth-order valence-electron chi connectivity index (χ4n) is 2.78. The number of piperidine rings is 1. The molecule has 2 aromatic rings. The molecule has 1 atom stereocenters. The van der Waals surface area contributed by atoms with Gasteiger partial charge in [0.25, 0.3) is 11.6 Å². The minimum atomic E-state index is -0.492. The zero-order valence-electron chi connectivity index (χ0n) is 14.2. The first-order valence-electron chi connectivity index (χ1n) is 8.13. The number of hydrogen-bond donors (Lipinski definition) is 0. The van der Waals surface area contributed by atoms with Crippen LogP contribution < -0.4 is 9.47 Å². The zero-order chi connectivity index (χ0) is 18.5. The van der Waals surface area contributed by atoms with Gasteiger partial charge in [0.15, 0.2) is 0 Å². The largest absolute Gasteiger partial charge is 0.480 e. The van der Waals surface area contributed by atoms with Crippen LogP contribution in [0.3, 0.4) is 0 Å². The molecule has 0 saturated carbocycles. The van der Waals surface area contributed by atoms with Gasteiger partial charge in [0, 0.05) is 24.2 Å². The number of likely N-dealkylation sites (tertiary alicyclic amines) is 1. The van der Waals surface area contributed by atoms with Crippen LogP contribution in [0.1, 0.15) is 23.2 Å². The van der Waals surface area contributed by atoms with Crippen LogP contribution in [0.25, 0.3) is 0 Å². The number of nitro benzene ring substituents is 1. The molecule has 1 saturated heterocycles. The Hall–Kier alpha value is -3.23. The van der Waals surface area contributed by atoms with Crippen LogP contribution >= 0.6 is 0 Å². The zero-order valence-corrected chi connectivity index (χ0v) is 14.2. The Morgan fingerprint density at radius 1 is 1.27 bits per heavy atom. The highest BCUT2D eigenvalue weighted by atomic mass is 16.6. The minimum absolute atomic E-state index is 0.0435. The van der Waals surface area contributed by atoms with Gasteiger partial charge in [-0.1, -0.05) is 0 Å². The number of methoxy groups -OCH3 is 1. The molecule has 1 fully saturated rings. The van der Waals surface area contributed by atoms with Crippen LogP contribution in [-0.2, 0) is 0 Å². The number of aromatic nitrogens is 2. The van der Waals surface area contributed by atoms with E-state index in [9.17, 15) is 14.9 Å². The lowest BCUT2D eigenvalue weighted by molar-refractivity contribution is -0.384. The molecule has 136 valence electrons. The molecule has 1 aromatic heterocycles. The maximum absolute atomic E-state index is 12.6. The van der Waals surface area contributed by atoms with Crippen LogP contribution in [-0.4, -0.2) is 52.0 Å². The number of nitrogens with zero attached hydrogens (tertiary/aromatic N) is 4. The quantitative estimate of drug-likeness (QED) is 0.595. The van der Waals surface area contributed by atoms with Crippen LogP contribution in [0.15, 0.2) is 36.7 Å². The van der Waals surface area contributed by atoms with E-state index in [-0.39, 0.29) is 17.7 Å². The Balaban J connectivity index is 1.65. The van der Waals surface area contributed by atoms with Crippen molar-refractivity contribution in [1.29, 1.82) is 0 Å². The van der Waals surface area contributed by atoms with Crippen LogP contribution in [0.4, 0.5) is 5.69 Å². The number of rotatable bonds is 5. The topological polar surface area (TPSA) is 108 Å². The molecule has 2 heterocycles. The lowest BCUT2D eigenvalue weighted by atomic mass is 10.1. The first-order chi connectivity index (χ1) is 12.6. The number of carbonyl (C=O) groups excluding carboxylic acids is 1. The number of ether oxygens (including phenoxy) is 2. The van der Waals surface area contributed by atoms with E-state index < -0.39 is 4.92 Å². The Labute approximate surface area is 149 Å². The van der Waals surface area contributed by atoms with Gasteiger partial charge in [-0.2, -0.15) is 4.98 Å². The van der Waals surface area contributed by atoms with Gasteiger partial charge in [-0.15, -0.1) is 0 Å². The van der Waals surface area contributed by atoms with Crippen molar-refractivity contribution in [3.63, 3.8) is 0 Å². The van der Waals surface area contributed by atoms with Crippen LogP contribution in [0.2, 0.25) is 0 Å². The van der Waals surface area contributed by atoms with Gasteiger partial charge >= 0.3 is 0 Å². The van der Waals surface area contributed by atoms with Crippen molar-refractivity contribution < 1.29 is 19.2 Å². The van der Waals surface area contributed by atoms with E-state index in [1.807, 2.05) is 0 Å². The first kappa shape index (κ1) is 17.6. The van der Waals surface area contributed by atoms with Gasteiger partial charge in [-0.05, 0) is 25.0 Å². The number of amides is 1. The highest BCUT2D eigenvalue weighted by Crippen LogP contribution is 2.20. The molecule has 1 unspecified atom stereocenters. The number of nitro groups is 1. The maximum atomic E-state index is 12.6. The second-order valence-electron chi connectivity index (χ2n) is 5.84. The van der Waals surface area contributed by atoms with E-state index in [2.05, 4.69) is 9.97 Å². The summed E-state index contributed by atoms with van der Waals surface area (Å²) in [6.45, 7) is 1.02. The fourth-order valence-corrected chi connectivity index (χ4v) is 2.78. The molecule has 3 rings (SSSR count). The molecule has 9 heteroatoms. The lowest BCUT2D eigenvalue weighted by Gasteiger charge is -2.32. The monoisotopic (exact) mass is 358 g/mol. The van der Waals surface area contributed by atoms with Gasteiger partial charge in [-0.3, -0.25) is 19.9 Å². The molecule has 0 bridgehead atoms. The van der Waals surface area contributed by atoms with Crippen molar-refractivity contribution in [2.45, 2.75) is 18.9 Å². The molecule has 9 nitrogen and oxygen atoms in total. The summed E-state index contributed by atoms with van der Waals surface area (Å²) in [5.41, 5.74) is 0.371. The molecule has 0 spiro atoms. The molecular formula is C17H18N4O5. The number of carbonyl (C=O) groups is 1. The molecule has 1 amide bonds. The summed E-state index contributed by atoms with van der Waals surface area (Å²) in [5, 5.41) is 10.7. The summed E-state index contributed by atoms with van der Waals surface area (Å²) >= 11 is 0. The number of non-ortho nitro benzene ring substituents is 1. The van der Waals surface area contributed by atoms with Crippen molar-refractivity contribution in [2.24, 2.45) is 0 Å². The number of benzene rings is 1. The second kappa shape index (κ2) is 7.77. The molecule has 1 aliphatic rings. The highest BCUT2D eigenvalue weighted by molar-refractivity contribution is 5.94. The molecule has 0 radical (unpaired) electrons. The Bertz CT molecular complexity index is 796. The highest BCUT2D eigenvalue weighted by Gasteiger charge is 2.26. The fraction of sp³-hybridized carbons (Fsp3) is 0.353. The summed E-state index contributed by atoms with van der Waals surface area (Å²) in [6, 6.07) is 5.60. The summed E-state index contributed by atoms with van der Waals surface area (Å²) in [7, 11) is 1.50. The Morgan fingerprint density at radius 2 is 2.00 bits per heavy atom. The molecule has 1 aliphatic heterocycles. The molecule has 1 aromatic carbocycles. The molecular weight excluding hydrogens is 340 g/mol. The van der Waals surface area contributed by atoms with Crippen molar-refractivity contribution in [3.05, 3.63) is 52.3 Å². The third-order valence-electron chi connectivity index (χ3n) is 4.08. The normalized spacial score (nSPS) is 16.8. The predicted octanol–water partition coefficient (Wildman–Crippen LogP) is 2.08. The lowest BCUT2D eigenvalue weighted by Crippen LogP contribution is -2.44. The molecule has 0 aliphatic carbocycles. The van der Waals surface area contributed by atoms with E-state index in [4.69, 9.17) is 9.47 Å². The van der Waals surface area contributed by atoms with Crippen molar-refractivity contribution in [3.8, 4) is 11.8 Å². The van der Waals surface area contributed by atoms with Gasteiger partial charge in [0.2, 0.25) is 11.8 Å². The summed E-state index contributed by atoms with van der Waals surface area (Å²) in [5.74, 6) is 0.529. The second-order valence-corrected chi connectivity index (χ2v) is 5.84. The minimum Gasteiger partial charge on any atom is -0.480 e. The number of hydrogen-bond acceptors (Lipinski definition) is 7. The first-order valence-corrected chi connectivity index (χ1v) is 8.13. The van der Waals surface area contributed by atoms with Crippen molar-refractivity contribution >= 4 is 11.6 Å². The SMILES string of the molecule is COc1cncc(OC2CCCN(C(=O)c3ccc([N+](=O)[O-])cc3)C2)n1. The van der Waals surface area contributed by atoms with E-state index in [1.165, 1.54) is 43.8 Å². The average molecular weight is 358 g/mol. The van der Waals surface area contributed by atoms with Gasteiger partial charge in [0.05, 0.1) is 31.0 Å². The van der Waals surface area contributed by atoms with Crippen molar-refractivity contribution in [1.82, 2.24) is 14.9 Å².